The van der Waals surface area contributed by atoms with Crippen LogP contribution in [-0.4, -0.2) is 15.8 Å². The van der Waals surface area contributed by atoms with E-state index in [1.807, 2.05) is 24.3 Å². The first-order valence-electron chi connectivity index (χ1n) is 4.87. The topological polar surface area (TPSA) is 53.6 Å². The van der Waals surface area contributed by atoms with Crippen molar-refractivity contribution in [1.82, 2.24) is 0 Å². The van der Waals surface area contributed by atoms with E-state index in [1.165, 1.54) is 0 Å². The third-order valence-electron chi connectivity index (χ3n) is 2.38. The Morgan fingerprint density at radius 3 is 2.53 bits per heavy atom. The van der Waals surface area contributed by atoms with Gasteiger partial charge in [0.25, 0.3) is 0 Å². The van der Waals surface area contributed by atoms with Crippen molar-refractivity contribution < 1.29 is 14.6 Å². The van der Waals surface area contributed by atoms with Gasteiger partial charge in [-0.05, 0) is 26.0 Å². The van der Waals surface area contributed by atoms with E-state index < -0.39 is 11.7 Å². The molecule has 1 unspecified atom stereocenters. The molecule has 2 aromatic rings. The van der Waals surface area contributed by atoms with E-state index in [1.54, 1.807) is 19.9 Å². The fourth-order valence-corrected chi connectivity index (χ4v) is 1.49. The predicted molar refractivity (Wildman–Crippen MR) is 57.5 cm³/mol. The third-order valence-corrected chi connectivity index (χ3v) is 2.38. The van der Waals surface area contributed by atoms with Gasteiger partial charge in [-0.25, -0.2) is 0 Å². The highest BCUT2D eigenvalue weighted by atomic mass is 16.4. The van der Waals surface area contributed by atoms with Gasteiger partial charge < -0.3 is 14.6 Å². The molecule has 0 saturated heterocycles. The summed E-state index contributed by atoms with van der Waals surface area (Å²) in [6.45, 7) is 3.09. The van der Waals surface area contributed by atoms with Crippen molar-refractivity contribution in [2.45, 2.75) is 25.6 Å². The van der Waals surface area contributed by atoms with E-state index in [0.717, 1.165) is 11.0 Å². The highest BCUT2D eigenvalue weighted by Gasteiger charge is 2.28. The maximum absolute atomic E-state index is 9.81. The Hall–Kier alpha value is -1.32. The molecule has 2 rings (SSSR count). The molecular formula is C12H14O3. The van der Waals surface area contributed by atoms with Gasteiger partial charge in [-0.2, -0.15) is 0 Å². The summed E-state index contributed by atoms with van der Waals surface area (Å²) in [5.41, 5.74) is -0.482. The van der Waals surface area contributed by atoms with Gasteiger partial charge in [0.1, 0.15) is 17.4 Å². The smallest absolute Gasteiger partial charge is 0.140 e. The van der Waals surface area contributed by atoms with E-state index in [9.17, 15) is 10.2 Å². The van der Waals surface area contributed by atoms with Crippen LogP contribution >= 0.6 is 0 Å². The Balaban J connectivity index is 2.45. The molecule has 0 radical (unpaired) electrons. The zero-order valence-corrected chi connectivity index (χ0v) is 8.77. The van der Waals surface area contributed by atoms with Crippen molar-refractivity contribution in [2.75, 3.05) is 0 Å². The molecule has 3 nitrogen and oxygen atoms in total. The number of benzene rings is 1. The van der Waals surface area contributed by atoms with Crippen LogP contribution in [-0.2, 0) is 0 Å². The molecular weight excluding hydrogens is 192 g/mol. The number of hydrogen-bond donors (Lipinski definition) is 2. The van der Waals surface area contributed by atoms with Crippen LogP contribution in [0.1, 0.15) is 25.7 Å². The first kappa shape index (κ1) is 10.2. The Morgan fingerprint density at radius 2 is 1.93 bits per heavy atom. The van der Waals surface area contributed by atoms with Gasteiger partial charge in [-0.3, -0.25) is 0 Å². The second-order valence-electron chi connectivity index (χ2n) is 4.24. The zero-order valence-electron chi connectivity index (χ0n) is 8.77. The van der Waals surface area contributed by atoms with Gasteiger partial charge >= 0.3 is 0 Å². The largest absolute Gasteiger partial charge is 0.458 e. The van der Waals surface area contributed by atoms with Crippen LogP contribution in [0, 0.1) is 0 Å². The minimum Gasteiger partial charge on any atom is -0.458 e. The van der Waals surface area contributed by atoms with E-state index in [2.05, 4.69) is 0 Å². The monoisotopic (exact) mass is 206 g/mol. The summed E-state index contributed by atoms with van der Waals surface area (Å²) >= 11 is 0. The normalized spacial score (nSPS) is 14.4. The fourth-order valence-electron chi connectivity index (χ4n) is 1.49. The number of fused-ring (bicyclic) bond motifs is 1. The lowest BCUT2D eigenvalue weighted by atomic mass is 10.00. The zero-order chi connectivity index (χ0) is 11.1. The molecule has 1 aromatic carbocycles. The van der Waals surface area contributed by atoms with Crippen molar-refractivity contribution in [2.24, 2.45) is 0 Å². The van der Waals surface area contributed by atoms with Crippen molar-refractivity contribution in [3.63, 3.8) is 0 Å². The molecule has 0 spiro atoms. The molecule has 80 valence electrons. The minimum absolute atomic E-state index is 0.392. The molecule has 0 amide bonds. The first-order valence-corrected chi connectivity index (χ1v) is 4.87. The summed E-state index contributed by atoms with van der Waals surface area (Å²) in [5.74, 6) is 0.392. The molecule has 0 aliphatic rings. The van der Waals surface area contributed by atoms with Crippen LogP contribution in [0.3, 0.4) is 0 Å². The molecule has 0 saturated carbocycles. The van der Waals surface area contributed by atoms with E-state index in [0.29, 0.717) is 5.76 Å². The van der Waals surface area contributed by atoms with Crippen molar-refractivity contribution >= 4 is 11.0 Å². The Kier molecular flexibility index (Phi) is 2.29. The lowest BCUT2D eigenvalue weighted by molar-refractivity contribution is -0.0588. The van der Waals surface area contributed by atoms with Crippen LogP contribution < -0.4 is 0 Å². The van der Waals surface area contributed by atoms with Crippen molar-refractivity contribution in [3.05, 3.63) is 36.1 Å². The van der Waals surface area contributed by atoms with Crippen LogP contribution in [0.5, 0.6) is 0 Å². The average molecular weight is 206 g/mol. The number of hydrogen-bond acceptors (Lipinski definition) is 3. The van der Waals surface area contributed by atoms with Crippen LogP contribution in [0.2, 0.25) is 0 Å². The molecule has 0 aliphatic carbocycles. The second kappa shape index (κ2) is 3.36. The summed E-state index contributed by atoms with van der Waals surface area (Å²) in [6.07, 6.45) is -1.01. The maximum atomic E-state index is 9.81. The van der Waals surface area contributed by atoms with Gasteiger partial charge in [-0.1, -0.05) is 18.2 Å². The molecule has 2 N–H and O–H groups in total. The Morgan fingerprint density at radius 1 is 1.27 bits per heavy atom. The number of aliphatic hydroxyl groups excluding tert-OH is 1. The second-order valence-corrected chi connectivity index (χ2v) is 4.24. The molecule has 0 bridgehead atoms. The summed E-state index contributed by atoms with van der Waals surface area (Å²) in [5, 5.41) is 20.4. The maximum Gasteiger partial charge on any atom is 0.140 e. The standard InChI is InChI=1S/C12H14O3/c1-12(2,14)11(13)10-7-8-5-3-4-6-9(8)15-10/h3-7,11,13-14H,1-2H3. The van der Waals surface area contributed by atoms with Crippen LogP contribution in [0.15, 0.2) is 34.7 Å². The lowest BCUT2D eigenvalue weighted by Gasteiger charge is -2.22. The molecule has 1 heterocycles. The molecule has 0 fully saturated rings. The highest BCUT2D eigenvalue weighted by Crippen LogP contribution is 2.29. The summed E-state index contributed by atoms with van der Waals surface area (Å²) in [7, 11) is 0. The van der Waals surface area contributed by atoms with Crippen LogP contribution in [0.25, 0.3) is 11.0 Å². The summed E-state index contributed by atoms with van der Waals surface area (Å²) in [6, 6.07) is 9.25. The number of aliphatic hydroxyl groups is 2. The van der Waals surface area contributed by atoms with E-state index in [-0.39, 0.29) is 0 Å². The molecule has 3 heteroatoms. The summed E-state index contributed by atoms with van der Waals surface area (Å²) < 4.78 is 5.45. The number of rotatable bonds is 2. The van der Waals surface area contributed by atoms with Gasteiger partial charge in [-0.15, -0.1) is 0 Å². The quantitative estimate of drug-likeness (QED) is 0.792. The molecule has 15 heavy (non-hydrogen) atoms. The van der Waals surface area contributed by atoms with Gasteiger partial charge in [0.15, 0.2) is 0 Å². The third kappa shape index (κ3) is 1.89. The highest BCUT2D eigenvalue weighted by molar-refractivity contribution is 5.77. The van der Waals surface area contributed by atoms with Crippen LogP contribution in [0.4, 0.5) is 0 Å². The van der Waals surface area contributed by atoms with E-state index in [4.69, 9.17) is 4.42 Å². The van der Waals surface area contributed by atoms with Crippen molar-refractivity contribution in [3.8, 4) is 0 Å². The predicted octanol–water partition coefficient (Wildman–Crippen LogP) is 2.24. The SMILES string of the molecule is CC(C)(O)C(O)c1cc2ccccc2o1. The van der Waals surface area contributed by atoms with Gasteiger partial charge in [0, 0.05) is 5.39 Å². The van der Waals surface area contributed by atoms with Gasteiger partial charge in [0.2, 0.25) is 0 Å². The Bertz CT molecular complexity index is 432. The van der Waals surface area contributed by atoms with Crippen molar-refractivity contribution in [1.29, 1.82) is 0 Å². The number of furan rings is 1. The summed E-state index contributed by atoms with van der Waals surface area (Å²) in [4.78, 5) is 0. The minimum atomic E-state index is -1.20. The fraction of sp³-hybridized carbons (Fsp3) is 0.333. The Labute approximate surface area is 88.0 Å². The number of para-hydroxylation sites is 1. The first-order chi connectivity index (χ1) is 6.98. The molecule has 1 aromatic heterocycles. The molecule has 1 atom stereocenters. The van der Waals surface area contributed by atoms with Gasteiger partial charge in [0.05, 0.1) is 5.60 Å². The molecule has 0 aliphatic heterocycles. The lowest BCUT2D eigenvalue weighted by Crippen LogP contribution is -2.28. The average Bonchev–Trinajstić information content (AvgIpc) is 2.58. The van der Waals surface area contributed by atoms with E-state index >= 15 is 0 Å².